The number of piperazine rings is 1. The lowest BCUT2D eigenvalue weighted by Gasteiger charge is -2.35. The molecule has 1 N–H and O–H groups in total. The highest BCUT2D eigenvalue weighted by Crippen LogP contribution is 2.23. The Morgan fingerprint density at radius 2 is 1.76 bits per heavy atom. The van der Waals surface area contributed by atoms with E-state index in [4.69, 9.17) is 0 Å². The molecule has 118 valence electrons. The molecule has 1 aromatic rings. The number of likely N-dealkylation sites (N-methyl/N-ethyl adjacent to an activating group) is 1. The Bertz CT molecular complexity index is 417. The number of carbonyl (C=O) groups is 1. The number of amides is 1. The van der Waals surface area contributed by atoms with Crippen LogP contribution in [0.4, 0.5) is 0 Å². The summed E-state index contributed by atoms with van der Waals surface area (Å²) in [5.41, 5.74) is 1.10. The summed E-state index contributed by atoms with van der Waals surface area (Å²) in [5, 5.41) is 3.30. The van der Waals surface area contributed by atoms with Gasteiger partial charge in [-0.1, -0.05) is 44.2 Å². The summed E-state index contributed by atoms with van der Waals surface area (Å²) in [7, 11) is 0. The molecule has 0 spiro atoms. The molecule has 5 heteroatoms. The molecule has 0 aromatic heterocycles. The van der Waals surface area contributed by atoms with Crippen molar-refractivity contribution in [2.24, 2.45) is 0 Å². The van der Waals surface area contributed by atoms with E-state index in [-0.39, 0.29) is 24.4 Å². The first-order valence-corrected chi connectivity index (χ1v) is 7.56. The number of rotatable bonds is 5. The summed E-state index contributed by atoms with van der Waals surface area (Å²) >= 11 is 0. The van der Waals surface area contributed by atoms with Gasteiger partial charge in [0.1, 0.15) is 6.04 Å². The van der Waals surface area contributed by atoms with Crippen LogP contribution >= 0.6 is 12.4 Å². The SMILES string of the molecule is CCN(CC)C(C(=O)N1CCNCC1)c1ccccc1.Cl. The van der Waals surface area contributed by atoms with Crippen LogP contribution in [0.25, 0.3) is 0 Å². The van der Waals surface area contributed by atoms with Crippen molar-refractivity contribution in [3.63, 3.8) is 0 Å². The molecule has 1 fully saturated rings. The number of hydrogen-bond acceptors (Lipinski definition) is 3. The van der Waals surface area contributed by atoms with Crippen LogP contribution in [0.1, 0.15) is 25.5 Å². The summed E-state index contributed by atoms with van der Waals surface area (Å²) in [6.45, 7) is 9.40. The lowest BCUT2D eigenvalue weighted by atomic mass is 10.0. The van der Waals surface area contributed by atoms with Crippen LogP contribution in [0.2, 0.25) is 0 Å². The Morgan fingerprint density at radius 3 is 2.29 bits per heavy atom. The fourth-order valence-electron chi connectivity index (χ4n) is 2.79. The van der Waals surface area contributed by atoms with Gasteiger partial charge >= 0.3 is 0 Å². The molecule has 0 saturated carbocycles. The smallest absolute Gasteiger partial charge is 0.244 e. The predicted octanol–water partition coefficient (Wildman–Crippen LogP) is 1.92. The van der Waals surface area contributed by atoms with Gasteiger partial charge in [-0.25, -0.2) is 0 Å². The molecule has 1 aromatic carbocycles. The first-order valence-electron chi connectivity index (χ1n) is 7.56. The highest BCUT2D eigenvalue weighted by molar-refractivity contribution is 5.85. The summed E-state index contributed by atoms with van der Waals surface area (Å²) in [6, 6.07) is 9.99. The first-order chi connectivity index (χ1) is 9.77. The van der Waals surface area contributed by atoms with Crippen molar-refractivity contribution in [2.45, 2.75) is 19.9 Å². The maximum absolute atomic E-state index is 12.9. The fraction of sp³-hybridized carbons (Fsp3) is 0.562. The lowest BCUT2D eigenvalue weighted by molar-refractivity contribution is -0.137. The minimum absolute atomic E-state index is 0. The van der Waals surface area contributed by atoms with E-state index >= 15 is 0 Å². The highest BCUT2D eigenvalue weighted by atomic mass is 35.5. The van der Waals surface area contributed by atoms with Gasteiger partial charge in [-0.15, -0.1) is 12.4 Å². The van der Waals surface area contributed by atoms with Gasteiger partial charge in [-0.2, -0.15) is 0 Å². The number of nitrogens with one attached hydrogen (secondary N) is 1. The maximum atomic E-state index is 12.9. The Labute approximate surface area is 133 Å². The molecule has 1 heterocycles. The topological polar surface area (TPSA) is 35.6 Å². The van der Waals surface area contributed by atoms with E-state index in [1.54, 1.807) is 0 Å². The van der Waals surface area contributed by atoms with Gasteiger partial charge < -0.3 is 10.2 Å². The number of halogens is 1. The number of nitrogens with zero attached hydrogens (tertiary/aromatic N) is 2. The Hall–Kier alpha value is -1.10. The molecule has 1 atom stereocenters. The van der Waals surface area contributed by atoms with Gasteiger partial charge in [0, 0.05) is 26.2 Å². The number of benzene rings is 1. The van der Waals surface area contributed by atoms with Gasteiger partial charge in [-0.3, -0.25) is 9.69 Å². The van der Waals surface area contributed by atoms with Crippen LogP contribution in [-0.4, -0.2) is 55.0 Å². The van der Waals surface area contributed by atoms with Crippen molar-refractivity contribution in [1.29, 1.82) is 0 Å². The van der Waals surface area contributed by atoms with Crippen molar-refractivity contribution in [1.82, 2.24) is 15.1 Å². The van der Waals surface area contributed by atoms with Crippen LogP contribution in [0.5, 0.6) is 0 Å². The number of carbonyl (C=O) groups excluding carboxylic acids is 1. The molecule has 0 radical (unpaired) electrons. The first kappa shape index (κ1) is 18.0. The average molecular weight is 312 g/mol. The predicted molar refractivity (Wildman–Crippen MR) is 88.8 cm³/mol. The zero-order chi connectivity index (χ0) is 14.4. The second kappa shape index (κ2) is 9.03. The molecule has 4 nitrogen and oxygen atoms in total. The zero-order valence-corrected chi connectivity index (χ0v) is 13.7. The van der Waals surface area contributed by atoms with Crippen LogP contribution in [0, 0.1) is 0 Å². The van der Waals surface area contributed by atoms with E-state index in [0.29, 0.717) is 0 Å². The van der Waals surface area contributed by atoms with Crippen LogP contribution in [0.15, 0.2) is 30.3 Å². The van der Waals surface area contributed by atoms with Crippen molar-refractivity contribution in [3.8, 4) is 0 Å². The Balaban J connectivity index is 0.00000220. The van der Waals surface area contributed by atoms with E-state index < -0.39 is 0 Å². The van der Waals surface area contributed by atoms with Crippen LogP contribution < -0.4 is 5.32 Å². The second-order valence-electron chi connectivity index (χ2n) is 5.11. The largest absolute Gasteiger partial charge is 0.338 e. The summed E-state index contributed by atoms with van der Waals surface area (Å²) in [4.78, 5) is 17.1. The van der Waals surface area contributed by atoms with Gasteiger partial charge in [0.05, 0.1) is 0 Å². The molecule has 0 aliphatic carbocycles. The van der Waals surface area contributed by atoms with Gasteiger partial charge in [0.2, 0.25) is 5.91 Å². The van der Waals surface area contributed by atoms with Crippen LogP contribution in [0.3, 0.4) is 0 Å². The van der Waals surface area contributed by atoms with Crippen molar-refractivity contribution in [3.05, 3.63) is 35.9 Å². The quantitative estimate of drug-likeness (QED) is 0.902. The second-order valence-corrected chi connectivity index (χ2v) is 5.11. The minimum atomic E-state index is -0.149. The number of hydrogen-bond donors (Lipinski definition) is 1. The molecule has 1 unspecified atom stereocenters. The van der Waals surface area contributed by atoms with E-state index in [0.717, 1.165) is 44.8 Å². The lowest BCUT2D eigenvalue weighted by Crippen LogP contribution is -2.50. The zero-order valence-electron chi connectivity index (χ0n) is 12.9. The van der Waals surface area contributed by atoms with Gasteiger partial charge in [-0.05, 0) is 18.7 Å². The third kappa shape index (κ3) is 4.43. The fourth-order valence-corrected chi connectivity index (χ4v) is 2.79. The highest BCUT2D eigenvalue weighted by Gasteiger charge is 2.30. The Morgan fingerprint density at radius 1 is 1.19 bits per heavy atom. The monoisotopic (exact) mass is 311 g/mol. The van der Waals surface area contributed by atoms with E-state index in [9.17, 15) is 4.79 Å². The molecule has 1 aliphatic heterocycles. The van der Waals surface area contributed by atoms with E-state index in [2.05, 4.69) is 36.2 Å². The van der Waals surface area contributed by atoms with Crippen molar-refractivity contribution in [2.75, 3.05) is 39.3 Å². The summed E-state index contributed by atoms with van der Waals surface area (Å²) in [6.07, 6.45) is 0. The third-order valence-corrected chi connectivity index (χ3v) is 3.96. The van der Waals surface area contributed by atoms with Gasteiger partial charge in [0.25, 0.3) is 0 Å². The van der Waals surface area contributed by atoms with Crippen molar-refractivity contribution < 1.29 is 4.79 Å². The molecule has 1 saturated heterocycles. The molecular formula is C16H26ClN3O. The summed E-state index contributed by atoms with van der Waals surface area (Å²) < 4.78 is 0. The molecule has 21 heavy (non-hydrogen) atoms. The molecule has 2 rings (SSSR count). The normalized spacial score (nSPS) is 16.4. The maximum Gasteiger partial charge on any atom is 0.244 e. The van der Waals surface area contributed by atoms with E-state index in [1.807, 2.05) is 23.1 Å². The van der Waals surface area contributed by atoms with Crippen LogP contribution in [-0.2, 0) is 4.79 Å². The third-order valence-electron chi connectivity index (χ3n) is 3.96. The molecule has 0 bridgehead atoms. The molecule has 1 aliphatic rings. The van der Waals surface area contributed by atoms with Crippen molar-refractivity contribution >= 4 is 18.3 Å². The van der Waals surface area contributed by atoms with Gasteiger partial charge in [0.15, 0.2) is 0 Å². The Kier molecular flexibility index (Phi) is 7.72. The minimum Gasteiger partial charge on any atom is -0.338 e. The summed E-state index contributed by atoms with van der Waals surface area (Å²) in [5.74, 6) is 0.237. The molecule has 1 amide bonds. The standard InChI is InChI=1S/C16H25N3O.ClH/c1-3-18(4-2)15(14-8-6-5-7-9-14)16(20)19-12-10-17-11-13-19;/h5-9,15,17H,3-4,10-13H2,1-2H3;1H. The average Bonchev–Trinajstić information content (AvgIpc) is 2.53. The molecular weight excluding hydrogens is 286 g/mol. The van der Waals surface area contributed by atoms with E-state index in [1.165, 1.54) is 0 Å².